The zero-order chi connectivity index (χ0) is 10.4. The molecule has 0 bridgehead atoms. The van der Waals surface area contributed by atoms with Crippen molar-refractivity contribution < 1.29 is 0 Å². The van der Waals surface area contributed by atoms with Gasteiger partial charge >= 0.3 is 0 Å². The van der Waals surface area contributed by atoms with Crippen molar-refractivity contribution >= 4 is 22.6 Å². The molecule has 0 heterocycles. The van der Waals surface area contributed by atoms with Crippen LogP contribution >= 0.6 is 22.6 Å². The van der Waals surface area contributed by atoms with Gasteiger partial charge in [-0.05, 0) is 47.9 Å². The van der Waals surface area contributed by atoms with E-state index in [0.29, 0.717) is 0 Å². The SMILES string of the molecule is CCCC1(CCCI)CCC(C)CC1. The van der Waals surface area contributed by atoms with Gasteiger partial charge in [0.2, 0.25) is 0 Å². The van der Waals surface area contributed by atoms with E-state index in [1.165, 1.54) is 55.8 Å². The molecule has 84 valence electrons. The molecule has 0 unspecified atom stereocenters. The lowest BCUT2D eigenvalue weighted by molar-refractivity contribution is 0.128. The summed E-state index contributed by atoms with van der Waals surface area (Å²) in [5, 5.41) is 0. The van der Waals surface area contributed by atoms with Gasteiger partial charge < -0.3 is 0 Å². The second-order valence-corrected chi connectivity index (χ2v) is 6.30. The minimum Gasteiger partial charge on any atom is -0.0864 e. The van der Waals surface area contributed by atoms with Crippen LogP contribution in [0.3, 0.4) is 0 Å². The van der Waals surface area contributed by atoms with Crippen LogP contribution in [-0.2, 0) is 0 Å². The van der Waals surface area contributed by atoms with Crippen molar-refractivity contribution in [2.24, 2.45) is 11.3 Å². The van der Waals surface area contributed by atoms with E-state index in [0.717, 1.165) is 11.3 Å². The molecule has 1 aliphatic rings. The first-order valence-electron chi connectivity index (χ1n) is 6.28. The van der Waals surface area contributed by atoms with Crippen LogP contribution in [0.5, 0.6) is 0 Å². The average molecular weight is 308 g/mol. The van der Waals surface area contributed by atoms with Crippen LogP contribution in [-0.4, -0.2) is 4.43 Å². The molecule has 1 heteroatoms. The van der Waals surface area contributed by atoms with Gasteiger partial charge in [0.05, 0.1) is 0 Å². The Labute approximate surface area is 103 Å². The zero-order valence-corrected chi connectivity index (χ0v) is 12.0. The predicted molar refractivity (Wildman–Crippen MR) is 73.1 cm³/mol. The van der Waals surface area contributed by atoms with E-state index < -0.39 is 0 Å². The summed E-state index contributed by atoms with van der Waals surface area (Å²) in [6, 6.07) is 0. The average Bonchev–Trinajstić information content (AvgIpc) is 2.20. The highest BCUT2D eigenvalue weighted by Crippen LogP contribution is 2.45. The third-order valence-corrected chi connectivity index (χ3v) is 4.72. The van der Waals surface area contributed by atoms with Gasteiger partial charge in [-0.2, -0.15) is 0 Å². The molecule has 14 heavy (non-hydrogen) atoms. The van der Waals surface area contributed by atoms with Crippen LogP contribution in [0.4, 0.5) is 0 Å². The molecule has 1 rings (SSSR count). The molecule has 0 aliphatic heterocycles. The highest BCUT2D eigenvalue weighted by atomic mass is 127. The highest BCUT2D eigenvalue weighted by Gasteiger charge is 2.32. The lowest BCUT2D eigenvalue weighted by Gasteiger charge is -2.39. The van der Waals surface area contributed by atoms with E-state index in [9.17, 15) is 0 Å². The Bertz CT molecular complexity index is 140. The van der Waals surface area contributed by atoms with E-state index in [-0.39, 0.29) is 0 Å². The van der Waals surface area contributed by atoms with Crippen molar-refractivity contribution in [3.8, 4) is 0 Å². The first-order valence-corrected chi connectivity index (χ1v) is 7.81. The van der Waals surface area contributed by atoms with Gasteiger partial charge in [0.15, 0.2) is 0 Å². The monoisotopic (exact) mass is 308 g/mol. The lowest BCUT2D eigenvalue weighted by atomic mass is 9.66. The lowest BCUT2D eigenvalue weighted by Crippen LogP contribution is -2.26. The number of hydrogen-bond donors (Lipinski definition) is 0. The summed E-state index contributed by atoms with van der Waals surface area (Å²) in [5.41, 5.74) is 0.756. The molecule has 1 saturated carbocycles. The molecule has 0 N–H and O–H groups in total. The summed E-state index contributed by atoms with van der Waals surface area (Å²) in [7, 11) is 0. The largest absolute Gasteiger partial charge is 0.0864 e. The van der Waals surface area contributed by atoms with E-state index >= 15 is 0 Å². The maximum atomic E-state index is 2.52. The van der Waals surface area contributed by atoms with E-state index in [4.69, 9.17) is 0 Å². The second-order valence-electron chi connectivity index (χ2n) is 5.23. The minimum absolute atomic E-state index is 0.756. The Kier molecular flexibility index (Phi) is 5.80. The predicted octanol–water partition coefficient (Wildman–Crippen LogP) is 5.20. The van der Waals surface area contributed by atoms with Crippen molar-refractivity contribution in [2.75, 3.05) is 4.43 Å². The van der Waals surface area contributed by atoms with Gasteiger partial charge in [0.1, 0.15) is 0 Å². The quantitative estimate of drug-likeness (QED) is 0.484. The molecular formula is C13H25I. The molecule has 0 aromatic heterocycles. The molecule has 0 radical (unpaired) electrons. The molecule has 0 atom stereocenters. The van der Waals surface area contributed by atoms with Crippen molar-refractivity contribution in [3.63, 3.8) is 0 Å². The smallest absolute Gasteiger partial charge is 0.000452 e. The third kappa shape index (κ3) is 3.71. The standard InChI is InChI=1S/C13H25I/c1-3-7-13(8-4-11-14)9-5-12(2)6-10-13/h12H,3-11H2,1-2H3. The van der Waals surface area contributed by atoms with Crippen molar-refractivity contribution in [1.29, 1.82) is 0 Å². The number of alkyl halides is 1. The Morgan fingerprint density at radius 2 is 1.86 bits per heavy atom. The van der Waals surface area contributed by atoms with Gasteiger partial charge in [0, 0.05) is 0 Å². The Balaban J connectivity index is 2.44. The summed E-state index contributed by atoms with van der Waals surface area (Å²) in [4.78, 5) is 0. The summed E-state index contributed by atoms with van der Waals surface area (Å²) in [5.74, 6) is 1.000. The van der Waals surface area contributed by atoms with Crippen LogP contribution in [0.1, 0.15) is 65.2 Å². The fourth-order valence-electron chi connectivity index (χ4n) is 2.97. The molecule has 0 amide bonds. The minimum atomic E-state index is 0.756. The number of hydrogen-bond acceptors (Lipinski definition) is 0. The number of rotatable bonds is 5. The zero-order valence-electron chi connectivity index (χ0n) is 9.82. The Morgan fingerprint density at radius 3 is 2.36 bits per heavy atom. The van der Waals surface area contributed by atoms with Gasteiger partial charge in [0.25, 0.3) is 0 Å². The Hall–Kier alpha value is 0.730. The maximum absolute atomic E-state index is 2.52. The molecule has 0 aromatic rings. The summed E-state index contributed by atoms with van der Waals surface area (Å²) in [6.45, 7) is 4.78. The molecule has 0 aromatic carbocycles. The van der Waals surface area contributed by atoms with Gasteiger partial charge in [-0.15, -0.1) is 0 Å². The molecule has 0 nitrogen and oxygen atoms in total. The fraction of sp³-hybridized carbons (Fsp3) is 1.00. The van der Waals surface area contributed by atoms with Crippen molar-refractivity contribution in [1.82, 2.24) is 0 Å². The van der Waals surface area contributed by atoms with Crippen LogP contribution < -0.4 is 0 Å². The van der Waals surface area contributed by atoms with Gasteiger partial charge in [-0.3, -0.25) is 0 Å². The first-order chi connectivity index (χ1) is 6.72. The van der Waals surface area contributed by atoms with Crippen LogP contribution in [0.2, 0.25) is 0 Å². The fourth-order valence-corrected chi connectivity index (χ4v) is 3.35. The molecular weight excluding hydrogens is 283 g/mol. The van der Waals surface area contributed by atoms with E-state index in [1.807, 2.05) is 0 Å². The van der Waals surface area contributed by atoms with E-state index in [2.05, 4.69) is 36.4 Å². The summed E-state index contributed by atoms with van der Waals surface area (Å²) in [6.07, 6.45) is 11.8. The summed E-state index contributed by atoms with van der Waals surface area (Å²) >= 11 is 2.52. The van der Waals surface area contributed by atoms with Gasteiger partial charge in [-0.25, -0.2) is 0 Å². The molecule has 1 fully saturated rings. The molecule has 0 saturated heterocycles. The molecule has 1 aliphatic carbocycles. The number of halogens is 1. The van der Waals surface area contributed by atoms with Gasteiger partial charge in [-0.1, -0.05) is 55.7 Å². The third-order valence-electron chi connectivity index (χ3n) is 3.96. The molecule has 0 spiro atoms. The van der Waals surface area contributed by atoms with Crippen LogP contribution in [0, 0.1) is 11.3 Å². The first kappa shape index (κ1) is 12.8. The maximum Gasteiger partial charge on any atom is -0.000452 e. The van der Waals surface area contributed by atoms with E-state index in [1.54, 1.807) is 0 Å². The Morgan fingerprint density at radius 1 is 1.21 bits per heavy atom. The van der Waals surface area contributed by atoms with Crippen LogP contribution in [0.15, 0.2) is 0 Å². The van der Waals surface area contributed by atoms with Crippen molar-refractivity contribution in [3.05, 3.63) is 0 Å². The van der Waals surface area contributed by atoms with Crippen molar-refractivity contribution in [2.45, 2.75) is 65.2 Å². The second kappa shape index (κ2) is 6.34. The normalized spacial score (nSPS) is 33.2. The highest BCUT2D eigenvalue weighted by molar-refractivity contribution is 14.1. The van der Waals surface area contributed by atoms with Crippen LogP contribution in [0.25, 0.3) is 0 Å². The topological polar surface area (TPSA) is 0 Å². The summed E-state index contributed by atoms with van der Waals surface area (Å²) < 4.78 is 1.35.